The third kappa shape index (κ3) is 8.78. The lowest BCUT2D eigenvalue weighted by Gasteiger charge is -2.33. The van der Waals surface area contributed by atoms with Gasteiger partial charge in [0.05, 0.1) is 31.7 Å². The highest BCUT2D eigenvalue weighted by atomic mass is 19.1. The van der Waals surface area contributed by atoms with Crippen LogP contribution >= 0.6 is 0 Å². The Balaban J connectivity index is 1.39. The van der Waals surface area contributed by atoms with E-state index < -0.39 is 30.1 Å². The van der Waals surface area contributed by atoms with Crippen LogP contribution in [-0.4, -0.2) is 101 Å². The average molecular weight is 664 g/mol. The molecule has 3 aromatic rings. The number of halogens is 1. The zero-order chi connectivity index (χ0) is 34.4. The number of fused-ring (bicyclic) bond motifs is 1. The van der Waals surface area contributed by atoms with E-state index in [0.29, 0.717) is 49.1 Å². The van der Waals surface area contributed by atoms with Gasteiger partial charge >= 0.3 is 12.1 Å². The highest BCUT2D eigenvalue weighted by Gasteiger charge is 2.29. The number of benzene rings is 2. The third-order valence-electron chi connectivity index (χ3n) is 9.19. The summed E-state index contributed by atoms with van der Waals surface area (Å²) in [4.78, 5) is 29.9. The summed E-state index contributed by atoms with van der Waals surface area (Å²) in [6.45, 7) is 8.87. The van der Waals surface area contributed by atoms with Crippen molar-refractivity contribution in [2.45, 2.75) is 64.9 Å². The molecule has 1 amide bonds. The molecule has 5 rings (SSSR count). The van der Waals surface area contributed by atoms with E-state index in [9.17, 15) is 14.7 Å². The fourth-order valence-corrected chi connectivity index (χ4v) is 6.13. The number of methoxy groups -OCH3 is 1. The quantitative estimate of drug-likeness (QED) is 0.285. The highest BCUT2D eigenvalue weighted by molar-refractivity contribution is 5.79. The number of rotatable bonds is 6. The number of nitrogens with zero attached hydrogens (tertiary/aromatic N) is 5. The van der Waals surface area contributed by atoms with Crippen molar-refractivity contribution in [1.82, 2.24) is 24.8 Å². The summed E-state index contributed by atoms with van der Waals surface area (Å²) in [5.74, 6) is -0.710. The first-order valence-electron chi connectivity index (χ1n) is 16.5. The Morgan fingerprint density at radius 2 is 1.83 bits per heavy atom. The summed E-state index contributed by atoms with van der Waals surface area (Å²) in [5, 5.41) is 18.9. The molecule has 3 heterocycles. The minimum Gasteiger partial charge on any atom is -0.497 e. The fourth-order valence-electron chi connectivity index (χ4n) is 6.13. The summed E-state index contributed by atoms with van der Waals surface area (Å²) >= 11 is 0. The van der Waals surface area contributed by atoms with E-state index in [4.69, 9.17) is 14.2 Å². The maximum Gasteiger partial charge on any atom is 0.410 e. The molecule has 0 bridgehead atoms. The normalized spacial score (nSPS) is 25.6. The maximum absolute atomic E-state index is 15.3. The van der Waals surface area contributed by atoms with Gasteiger partial charge in [0.25, 0.3) is 0 Å². The van der Waals surface area contributed by atoms with Crippen LogP contribution < -0.4 is 4.74 Å². The molecule has 2 aromatic carbocycles. The van der Waals surface area contributed by atoms with Gasteiger partial charge in [-0.15, -0.1) is 5.10 Å². The van der Waals surface area contributed by atoms with Gasteiger partial charge in [0.2, 0.25) is 0 Å². The van der Waals surface area contributed by atoms with Gasteiger partial charge in [-0.25, -0.2) is 13.9 Å². The molecule has 1 aromatic heterocycles. The Labute approximate surface area is 280 Å². The smallest absolute Gasteiger partial charge is 0.410 e. The van der Waals surface area contributed by atoms with Crippen molar-refractivity contribution in [3.63, 3.8) is 0 Å². The summed E-state index contributed by atoms with van der Waals surface area (Å²) < 4.78 is 34.1. The number of esters is 1. The Bertz CT molecular complexity index is 1630. The van der Waals surface area contributed by atoms with Crippen LogP contribution in [0.2, 0.25) is 0 Å². The molecule has 0 spiro atoms. The van der Waals surface area contributed by atoms with E-state index in [1.165, 1.54) is 6.07 Å². The molecule has 0 aliphatic carbocycles. The van der Waals surface area contributed by atoms with Gasteiger partial charge in [-0.05, 0) is 79.8 Å². The number of aliphatic hydroxyl groups excluding tert-OH is 1. The van der Waals surface area contributed by atoms with Crippen LogP contribution in [0.3, 0.4) is 0 Å². The van der Waals surface area contributed by atoms with E-state index in [1.807, 2.05) is 70.3 Å². The molecule has 1 N–H and O–H groups in total. The number of aliphatic hydroxyl groups is 1. The number of likely N-dealkylation sites (N-methyl/N-ethyl adjacent to an activating group) is 1. The molecule has 2 aliphatic heterocycles. The number of aromatic nitrogens is 3. The van der Waals surface area contributed by atoms with Crippen LogP contribution in [0.5, 0.6) is 5.75 Å². The minimum absolute atomic E-state index is 0.0869. The van der Waals surface area contributed by atoms with Crippen LogP contribution in [0, 0.1) is 17.7 Å². The molecule has 0 unspecified atom stereocenters. The molecule has 48 heavy (non-hydrogen) atoms. The number of cyclic esters (lactones) is 1. The summed E-state index contributed by atoms with van der Waals surface area (Å²) in [6.07, 6.45) is 3.82. The average Bonchev–Trinajstić information content (AvgIpc) is 3.47. The lowest BCUT2D eigenvalue weighted by Crippen LogP contribution is -2.48. The van der Waals surface area contributed by atoms with Gasteiger partial charge in [0.15, 0.2) is 5.82 Å². The van der Waals surface area contributed by atoms with Crippen molar-refractivity contribution < 1.29 is 33.3 Å². The zero-order valence-corrected chi connectivity index (χ0v) is 28.3. The standard InChI is InChI=1S/C36H46FN5O6/c1-23-6-10-28(43)21-33(44)48-35(24(2)7-13-32(23)47-36(45)41-16-14-40(4)15-17-41)25(3)18-27-19-30(37)34-31(20-27)42(39-38-34)22-26-8-11-29(46-5)12-9-26/h7-9,11-13,18-20,23-24,28,32,35,43H,6,10,14-17,21-22H2,1-5H3/b13-7+,25-18+/t23-,24+,28+,32-,35+/m1/s1. The van der Waals surface area contributed by atoms with Crippen molar-refractivity contribution >= 4 is 29.2 Å². The van der Waals surface area contributed by atoms with Gasteiger partial charge in [0.1, 0.15) is 23.5 Å². The van der Waals surface area contributed by atoms with Crippen LogP contribution in [-0.2, 0) is 20.8 Å². The molecule has 258 valence electrons. The zero-order valence-electron chi connectivity index (χ0n) is 28.3. The molecule has 1 fully saturated rings. The lowest BCUT2D eigenvalue weighted by molar-refractivity contribution is -0.151. The Kier molecular flexibility index (Phi) is 11.5. The molecule has 0 radical (unpaired) electrons. The van der Waals surface area contributed by atoms with Crippen molar-refractivity contribution in [1.29, 1.82) is 0 Å². The van der Waals surface area contributed by atoms with Crippen molar-refractivity contribution in [2.24, 2.45) is 11.8 Å². The summed E-state index contributed by atoms with van der Waals surface area (Å²) in [7, 11) is 3.63. The number of hydrogen-bond acceptors (Lipinski definition) is 9. The number of piperazine rings is 1. The maximum atomic E-state index is 15.3. The highest BCUT2D eigenvalue weighted by Crippen LogP contribution is 2.27. The SMILES string of the molecule is COc1ccc(Cn2nnc3c(F)cc(/C=C(\C)[C@H]4OC(=O)C[C@@H](O)CC[C@@H](C)[C@H](OC(=O)N5CCN(C)CC5)/C=C/[C@@H]4C)cc32)cc1. The van der Waals surface area contributed by atoms with Gasteiger partial charge in [0, 0.05) is 32.1 Å². The Morgan fingerprint density at radius 1 is 1.10 bits per heavy atom. The second-order valence-electron chi connectivity index (χ2n) is 13.1. The first-order valence-corrected chi connectivity index (χ1v) is 16.5. The van der Waals surface area contributed by atoms with E-state index >= 15 is 4.39 Å². The monoisotopic (exact) mass is 663 g/mol. The van der Waals surface area contributed by atoms with Gasteiger partial charge in [-0.3, -0.25) is 4.79 Å². The van der Waals surface area contributed by atoms with Gasteiger partial charge in [-0.2, -0.15) is 0 Å². The second kappa shape index (κ2) is 15.7. The molecule has 11 nitrogen and oxygen atoms in total. The molecular weight excluding hydrogens is 617 g/mol. The van der Waals surface area contributed by atoms with E-state index in [2.05, 4.69) is 15.2 Å². The molecule has 2 aliphatic rings. The summed E-state index contributed by atoms with van der Waals surface area (Å²) in [5.41, 5.74) is 2.87. The minimum atomic E-state index is -0.896. The molecule has 5 atom stereocenters. The van der Waals surface area contributed by atoms with Crippen molar-refractivity contribution in [2.75, 3.05) is 40.3 Å². The number of amides is 1. The second-order valence-corrected chi connectivity index (χ2v) is 13.1. The fraction of sp³-hybridized carbons (Fsp3) is 0.500. The van der Waals surface area contributed by atoms with Gasteiger partial charge < -0.3 is 29.1 Å². The predicted octanol–water partition coefficient (Wildman–Crippen LogP) is 5.07. The number of carbonyl (C=O) groups is 2. The van der Waals surface area contributed by atoms with Crippen LogP contribution in [0.4, 0.5) is 9.18 Å². The molecular formula is C36H46FN5O6. The van der Waals surface area contributed by atoms with Gasteiger partial charge in [-0.1, -0.05) is 43.3 Å². The Morgan fingerprint density at radius 3 is 2.54 bits per heavy atom. The first-order chi connectivity index (χ1) is 23.0. The lowest BCUT2D eigenvalue weighted by atomic mass is 9.91. The molecule has 0 saturated carbocycles. The largest absolute Gasteiger partial charge is 0.497 e. The van der Waals surface area contributed by atoms with Crippen LogP contribution in [0.15, 0.2) is 54.1 Å². The van der Waals surface area contributed by atoms with Crippen molar-refractivity contribution in [3.8, 4) is 5.75 Å². The third-order valence-corrected chi connectivity index (χ3v) is 9.19. The topological polar surface area (TPSA) is 119 Å². The predicted molar refractivity (Wildman–Crippen MR) is 180 cm³/mol. The number of ether oxygens (including phenoxy) is 3. The van der Waals surface area contributed by atoms with Crippen LogP contribution in [0.1, 0.15) is 51.2 Å². The number of carbonyl (C=O) groups excluding carboxylic acids is 2. The Hall–Kier alpha value is -4.29. The number of hydrogen-bond donors (Lipinski definition) is 1. The van der Waals surface area contributed by atoms with Crippen molar-refractivity contribution in [3.05, 3.63) is 71.1 Å². The van der Waals surface area contributed by atoms with Crippen LogP contribution in [0.25, 0.3) is 17.1 Å². The van der Waals surface area contributed by atoms with E-state index in [-0.39, 0.29) is 29.9 Å². The molecule has 1 saturated heterocycles. The van der Waals surface area contributed by atoms with E-state index in [0.717, 1.165) is 24.4 Å². The van der Waals surface area contributed by atoms with E-state index in [1.54, 1.807) is 22.8 Å². The first kappa shape index (κ1) is 35.0. The summed E-state index contributed by atoms with van der Waals surface area (Å²) in [6, 6.07) is 10.7. The molecule has 12 heteroatoms.